The summed E-state index contributed by atoms with van der Waals surface area (Å²) in [6.07, 6.45) is 1.64. The Labute approximate surface area is 174 Å². The molecule has 3 aromatic rings. The van der Waals surface area contributed by atoms with Gasteiger partial charge in [0.25, 0.3) is 0 Å². The zero-order valence-electron chi connectivity index (χ0n) is 16.3. The third-order valence-corrected chi connectivity index (χ3v) is 5.54. The van der Waals surface area contributed by atoms with Crippen molar-refractivity contribution in [1.82, 2.24) is 15.2 Å². The number of H-pyrrole nitrogens is 1. The number of carbonyl (C=O) groups excluding carboxylic acids is 1. The standard InChI is InChI=1S/C22H24ClN3O3/c1-28-22(27)19-14-25-21-13-20(23)17(12-18(19)21)15-2-4-16(5-3-15)29-11-10-26-8-6-24-7-9-26/h2-5,12-14,24-25H,6-11H2,1H3. The lowest BCUT2D eigenvalue weighted by atomic mass is 10.0. The molecule has 152 valence electrons. The molecular formula is C22H24ClN3O3. The zero-order chi connectivity index (χ0) is 20.2. The van der Waals surface area contributed by atoms with Crippen LogP contribution in [0.4, 0.5) is 0 Å². The van der Waals surface area contributed by atoms with E-state index in [1.54, 1.807) is 6.20 Å². The van der Waals surface area contributed by atoms with E-state index in [0.717, 1.165) is 60.5 Å². The lowest BCUT2D eigenvalue weighted by molar-refractivity contribution is 0.0603. The van der Waals surface area contributed by atoms with Gasteiger partial charge in [-0.3, -0.25) is 4.90 Å². The van der Waals surface area contributed by atoms with Crippen LogP contribution in [0.1, 0.15) is 10.4 Å². The van der Waals surface area contributed by atoms with Gasteiger partial charge in [0.2, 0.25) is 0 Å². The van der Waals surface area contributed by atoms with Crippen LogP contribution in [0.15, 0.2) is 42.6 Å². The van der Waals surface area contributed by atoms with E-state index in [1.807, 2.05) is 36.4 Å². The molecule has 0 bridgehead atoms. The first-order valence-corrected chi connectivity index (χ1v) is 10.1. The molecule has 0 aliphatic carbocycles. The molecule has 0 saturated carbocycles. The number of aromatic nitrogens is 1. The highest BCUT2D eigenvalue weighted by molar-refractivity contribution is 6.34. The number of piperazine rings is 1. The molecule has 1 fully saturated rings. The van der Waals surface area contributed by atoms with Crippen LogP contribution < -0.4 is 10.1 Å². The second-order valence-electron chi connectivity index (χ2n) is 7.04. The summed E-state index contributed by atoms with van der Waals surface area (Å²) < 4.78 is 10.8. The van der Waals surface area contributed by atoms with E-state index in [9.17, 15) is 4.79 Å². The number of methoxy groups -OCH3 is 1. The molecule has 0 atom stereocenters. The Kier molecular flexibility index (Phi) is 6.04. The fourth-order valence-corrected chi connectivity index (χ4v) is 3.87. The van der Waals surface area contributed by atoms with Crippen LogP contribution in [0.2, 0.25) is 5.02 Å². The van der Waals surface area contributed by atoms with Crippen molar-refractivity contribution in [3.8, 4) is 16.9 Å². The predicted molar refractivity (Wildman–Crippen MR) is 115 cm³/mol. The second kappa shape index (κ2) is 8.86. The number of rotatable bonds is 6. The van der Waals surface area contributed by atoms with E-state index >= 15 is 0 Å². The van der Waals surface area contributed by atoms with Gasteiger partial charge in [0.05, 0.1) is 17.7 Å². The third kappa shape index (κ3) is 4.40. The molecule has 2 N–H and O–H groups in total. The van der Waals surface area contributed by atoms with Gasteiger partial charge in [-0.15, -0.1) is 0 Å². The Bertz CT molecular complexity index is 994. The van der Waals surface area contributed by atoms with E-state index < -0.39 is 0 Å². The van der Waals surface area contributed by atoms with Crippen molar-refractivity contribution in [3.05, 3.63) is 53.2 Å². The average Bonchev–Trinajstić information content (AvgIpc) is 3.16. The molecule has 1 saturated heterocycles. The Morgan fingerprint density at radius 1 is 1.17 bits per heavy atom. The van der Waals surface area contributed by atoms with Crippen LogP contribution in [-0.2, 0) is 4.74 Å². The minimum atomic E-state index is -0.377. The maximum Gasteiger partial charge on any atom is 0.340 e. The number of aromatic amines is 1. The van der Waals surface area contributed by atoms with Crippen molar-refractivity contribution in [1.29, 1.82) is 0 Å². The molecule has 0 amide bonds. The van der Waals surface area contributed by atoms with Crippen LogP contribution in [-0.4, -0.2) is 62.3 Å². The van der Waals surface area contributed by atoms with Crippen molar-refractivity contribution in [2.45, 2.75) is 0 Å². The lowest BCUT2D eigenvalue weighted by Gasteiger charge is -2.26. The van der Waals surface area contributed by atoms with Crippen LogP contribution in [0.3, 0.4) is 0 Å². The highest BCUT2D eigenvalue weighted by Gasteiger charge is 2.15. The molecule has 1 aliphatic heterocycles. The van der Waals surface area contributed by atoms with Gasteiger partial charge in [0.1, 0.15) is 12.4 Å². The van der Waals surface area contributed by atoms with Gasteiger partial charge >= 0.3 is 5.97 Å². The zero-order valence-corrected chi connectivity index (χ0v) is 17.1. The monoisotopic (exact) mass is 413 g/mol. The summed E-state index contributed by atoms with van der Waals surface area (Å²) in [5.74, 6) is 0.454. The van der Waals surface area contributed by atoms with Crippen molar-refractivity contribution < 1.29 is 14.3 Å². The first kappa shape index (κ1) is 19.8. The van der Waals surface area contributed by atoms with Gasteiger partial charge in [0, 0.05) is 55.4 Å². The number of hydrogen-bond acceptors (Lipinski definition) is 5. The molecule has 29 heavy (non-hydrogen) atoms. The summed E-state index contributed by atoms with van der Waals surface area (Å²) in [7, 11) is 1.37. The number of fused-ring (bicyclic) bond motifs is 1. The van der Waals surface area contributed by atoms with Gasteiger partial charge in [-0.2, -0.15) is 0 Å². The predicted octanol–water partition coefficient (Wildman–Crippen LogP) is 3.56. The minimum Gasteiger partial charge on any atom is -0.492 e. The highest BCUT2D eigenvalue weighted by atomic mass is 35.5. The summed E-state index contributed by atoms with van der Waals surface area (Å²) in [6, 6.07) is 11.6. The number of benzene rings is 2. The first-order valence-electron chi connectivity index (χ1n) is 9.71. The number of hydrogen-bond donors (Lipinski definition) is 2. The van der Waals surface area contributed by atoms with Gasteiger partial charge in [-0.1, -0.05) is 23.7 Å². The smallest absolute Gasteiger partial charge is 0.340 e. The maximum atomic E-state index is 12.0. The van der Waals surface area contributed by atoms with Crippen LogP contribution >= 0.6 is 11.6 Å². The summed E-state index contributed by atoms with van der Waals surface area (Å²) in [5.41, 5.74) is 3.11. The molecule has 4 rings (SSSR count). The maximum absolute atomic E-state index is 12.0. The largest absolute Gasteiger partial charge is 0.492 e. The number of ether oxygens (including phenoxy) is 2. The van der Waals surface area contributed by atoms with Crippen LogP contribution in [0.25, 0.3) is 22.0 Å². The van der Waals surface area contributed by atoms with Crippen molar-refractivity contribution in [3.63, 3.8) is 0 Å². The van der Waals surface area contributed by atoms with E-state index in [4.69, 9.17) is 21.1 Å². The number of carbonyl (C=O) groups is 1. The van der Waals surface area contributed by atoms with E-state index in [0.29, 0.717) is 17.2 Å². The van der Waals surface area contributed by atoms with Gasteiger partial charge in [-0.05, 0) is 29.8 Å². The van der Waals surface area contributed by atoms with Crippen molar-refractivity contribution >= 4 is 28.5 Å². The van der Waals surface area contributed by atoms with E-state index in [-0.39, 0.29) is 5.97 Å². The average molecular weight is 414 g/mol. The quantitative estimate of drug-likeness (QED) is 0.605. The molecule has 2 aromatic carbocycles. The lowest BCUT2D eigenvalue weighted by Crippen LogP contribution is -2.44. The Morgan fingerprint density at radius 2 is 1.93 bits per heavy atom. The SMILES string of the molecule is COC(=O)c1c[nH]c2cc(Cl)c(-c3ccc(OCCN4CCNCC4)cc3)cc12. The van der Waals surface area contributed by atoms with Crippen molar-refractivity contribution in [2.75, 3.05) is 46.4 Å². The highest BCUT2D eigenvalue weighted by Crippen LogP contribution is 2.34. The molecule has 0 spiro atoms. The van der Waals surface area contributed by atoms with Gasteiger partial charge < -0.3 is 19.8 Å². The normalized spacial score (nSPS) is 14.8. The second-order valence-corrected chi connectivity index (χ2v) is 7.44. The molecule has 7 heteroatoms. The molecule has 0 unspecified atom stereocenters. The Hall–Kier alpha value is -2.54. The number of esters is 1. The summed E-state index contributed by atoms with van der Waals surface area (Å²) in [5, 5.41) is 4.75. The Balaban J connectivity index is 1.48. The molecule has 1 aliphatic rings. The minimum absolute atomic E-state index is 0.377. The fourth-order valence-electron chi connectivity index (χ4n) is 3.60. The molecule has 0 radical (unpaired) electrons. The van der Waals surface area contributed by atoms with Gasteiger partial charge in [-0.25, -0.2) is 4.79 Å². The summed E-state index contributed by atoms with van der Waals surface area (Å²) in [4.78, 5) is 17.4. The molecular weight excluding hydrogens is 390 g/mol. The van der Waals surface area contributed by atoms with Crippen LogP contribution in [0, 0.1) is 0 Å². The molecule has 1 aromatic heterocycles. The summed E-state index contributed by atoms with van der Waals surface area (Å²) >= 11 is 6.49. The molecule has 6 nitrogen and oxygen atoms in total. The fraction of sp³-hybridized carbons (Fsp3) is 0.318. The van der Waals surface area contributed by atoms with E-state index in [2.05, 4.69) is 15.2 Å². The van der Waals surface area contributed by atoms with Crippen molar-refractivity contribution in [2.24, 2.45) is 0 Å². The molecule has 2 heterocycles. The first-order chi connectivity index (χ1) is 14.2. The van der Waals surface area contributed by atoms with Crippen LogP contribution in [0.5, 0.6) is 5.75 Å². The number of nitrogens with zero attached hydrogens (tertiary/aromatic N) is 1. The van der Waals surface area contributed by atoms with Gasteiger partial charge in [0.15, 0.2) is 0 Å². The van der Waals surface area contributed by atoms with E-state index in [1.165, 1.54) is 7.11 Å². The third-order valence-electron chi connectivity index (χ3n) is 5.23. The topological polar surface area (TPSA) is 66.6 Å². The Morgan fingerprint density at radius 3 is 2.66 bits per heavy atom. The number of halogens is 1. The summed E-state index contributed by atoms with van der Waals surface area (Å²) in [6.45, 7) is 5.80. The number of nitrogens with one attached hydrogen (secondary N) is 2.